The van der Waals surface area contributed by atoms with Gasteiger partial charge in [-0.25, -0.2) is 9.69 Å². The highest BCUT2D eigenvalue weighted by Gasteiger charge is 2.65. The summed E-state index contributed by atoms with van der Waals surface area (Å²) in [6, 6.07) is 10.0. The Bertz CT molecular complexity index is 1250. The number of hydrogen-bond donors (Lipinski definition) is 1. The molecule has 2 fully saturated rings. The van der Waals surface area contributed by atoms with E-state index >= 15 is 0 Å². The Kier molecular flexibility index (Phi) is 5.36. The molecular weight excluding hydrogens is 452 g/mol. The predicted octanol–water partition coefficient (Wildman–Crippen LogP) is 2.96. The van der Waals surface area contributed by atoms with Gasteiger partial charge in [0.2, 0.25) is 5.91 Å². The van der Waals surface area contributed by atoms with E-state index in [2.05, 4.69) is 5.32 Å². The van der Waals surface area contributed by atoms with Gasteiger partial charge in [0.25, 0.3) is 11.6 Å². The minimum Gasteiger partial charge on any atom is -0.372 e. The van der Waals surface area contributed by atoms with Crippen molar-refractivity contribution >= 4 is 34.9 Å². The second-order valence-corrected chi connectivity index (χ2v) is 9.39. The van der Waals surface area contributed by atoms with Gasteiger partial charge in [0.15, 0.2) is 5.41 Å². The van der Waals surface area contributed by atoms with E-state index in [1.54, 1.807) is 18.2 Å². The van der Waals surface area contributed by atoms with Gasteiger partial charge in [-0.2, -0.15) is 0 Å². The van der Waals surface area contributed by atoms with E-state index in [0.29, 0.717) is 17.8 Å². The third kappa shape index (κ3) is 3.39. The molecule has 182 valence electrons. The molecule has 10 nitrogen and oxygen atoms in total. The lowest BCUT2D eigenvalue weighted by Crippen LogP contribution is -2.76. The van der Waals surface area contributed by atoms with E-state index < -0.39 is 40.3 Å². The number of benzene rings is 2. The number of nitrogens with zero attached hydrogens (tertiary/aromatic N) is 3. The van der Waals surface area contributed by atoms with Gasteiger partial charge in [-0.3, -0.25) is 25.0 Å². The molecule has 2 aromatic rings. The Morgan fingerprint density at radius 2 is 1.86 bits per heavy atom. The summed E-state index contributed by atoms with van der Waals surface area (Å²) in [6.07, 6.45) is -0.00753. The van der Waals surface area contributed by atoms with Crippen molar-refractivity contribution < 1.29 is 24.0 Å². The second kappa shape index (κ2) is 8.16. The fourth-order valence-electron chi connectivity index (χ4n) is 5.74. The van der Waals surface area contributed by atoms with Crippen molar-refractivity contribution in [3.8, 4) is 0 Å². The number of fused-ring (bicyclic) bond motifs is 4. The number of aryl methyl sites for hydroxylation is 1. The van der Waals surface area contributed by atoms with Crippen molar-refractivity contribution in [2.24, 2.45) is 5.41 Å². The van der Waals surface area contributed by atoms with Crippen molar-refractivity contribution in [3.63, 3.8) is 0 Å². The molecule has 2 saturated heterocycles. The summed E-state index contributed by atoms with van der Waals surface area (Å²) in [4.78, 5) is 54.6. The maximum absolute atomic E-state index is 14.2. The van der Waals surface area contributed by atoms with Gasteiger partial charge < -0.3 is 9.64 Å². The number of imide groups is 2. The highest BCUT2D eigenvalue weighted by atomic mass is 16.6. The van der Waals surface area contributed by atoms with Crippen LogP contribution in [-0.2, 0) is 27.2 Å². The minimum absolute atomic E-state index is 0.0885. The van der Waals surface area contributed by atoms with Crippen molar-refractivity contribution in [1.82, 2.24) is 5.32 Å². The Labute approximate surface area is 202 Å². The molecule has 0 aliphatic carbocycles. The Morgan fingerprint density at radius 3 is 2.51 bits per heavy atom. The molecular formula is C25H26N4O6. The largest absolute Gasteiger partial charge is 0.372 e. The monoisotopic (exact) mass is 478 g/mol. The number of nitrogens with one attached hydrogen (secondary N) is 1. The van der Waals surface area contributed by atoms with E-state index in [0.717, 1.165) is 22.6 Å². The highest BCUT2D eigenvalue weighted by Crippen LogP contribution is 2.48. The summed E-state index contributed by atoms with van der Waals surface area (Å²) in [5.74, 6) is -1.38. The van der Waals surface area contributed by atoms with E-state index in [1.165, 1.54) is 12.1 Å². The van der Waals surface area contributed by atoms with Crippen LogP contribution >= 0.6 is 0 Å². The molecule has 3 aliphatic rings. The zero-order valence-corrected chi connectivity index (χ0v) is 19.7. The normalized spacial score (nSPS) is 28.0. The number of carbonyl (C=O) groups excluding carboxylic acids is 3. The first-order valence-electron chi connectivity index (χ1n) is 11.7. The minimum atomic E-state index is -1.71. The lowest BCUT2D eigenvalue weighted by Gasteiger charge is -2.56. The fourth-order valence-corrected chi connectivity index (χ4v) is 5.74. The van der Waals surface area contributed by atoms with Crippen LogP contribution in [0.1, 0.15) is 31.9 Å². The average molecular weight is 479 g/mol. The summed E-state index contributed by atoms with van der Waals surface area (Å²) >= 11 is 0. The molecule has 1 spiro atoms. The Hall–Kier alpha value is -3.79. The van der Waals surface area contributed by atoms with Gasteiger partial charge in [0, 0.05) is 30.8 Å². The van der Waals surface area contributed by atoms with Gasteiger partial charge in [-0.1, -0.05) is 19.1 Å². The summed E-state index contributed by atoms with van der Waals surface area (Å²) in [7, 11) is 0. The van der Waals surface area contributed by atoms with Crippen LogP contribution < -0.4 is 15.1 Å². The fraction of sp³-hybridized carbons (Fsp3) is 0.400. The maximum atomic E-state index is 14.2. The highest BCUT2D eigenvalue weighted by molar-refractivity contribution is 6.30. The van der Waals surface area contributed by atoms with Crippen molar-refractivity contribution in [1.29, 1.82) is 0 Å². The van der Waals surface area contributed by atoms with Gasteiger partial charge in [0.1, 0.15) is 0 Å². The zero-order valence-electron chi connectivity index (χ0n) is 19.7. The molecule has 1 N–H and O–H groups in total. The van der Waals surface area contributed by atoms with Crippen LogP contribution in [0.5, 0.6) is 0 Å². The molecule has 4 atom stereocenters. The molecule has 0 bridgehead atoms. The topological polar surface area (TPSA) is 122 Å². The first-order chi connectivity index (χ1) is 16.7. The summed E-state index contributed by atoms with van der Waals surface area (Å²) in [5, 5.41) is 13.9. The van der Waals surface area contributed by atoms with E-state index in [4.69, 9.17) is 4.74 Å². The van der Waals surface area contributed by atoms with Gasteiger partial charge >= 0.3 is 6.03 Å². The first kappa shape index (κ1) is 23.0. The lowest BCUT2D eigenvalue weighted by molar-refractivity contribution is -0.384. The molecule has 4 amide bonds. The van der Waals surface area contributed by atoms with Gasteiger partial charge in [0.05, 0.1) is 28.9 Å². The zero-order chi connectivity index (χ0) is 25.1. The number of urea groups is 1. The number of morpholine rings is 1. The SMILES string of the molecule is CCc1ccc(N2C(=O)NC(=O)[C@]3(Cc4cc([N+](=O)[O-])ccc4N4C[C@@H](C)O[C@H](C)[C@@H]43)C2=O)cc1. The van der Waals surface area contributed by atoms with Crippen LogP contribution in [0.15, 0.2) is 42.5 Å². The predicted molar refractivity (Wildman–Crippen MR) is 127 cm³/mol. The van der Waals surface area contributed by atoms with E-state index in [-0.39, 0.29) is 18.2 Å². The van der Waals surface area contributed by atoms with Crippen LogP contribution in [0.3, 0.4) is 0 Å². The molecule has 3 aliphatic heterocycles. The molecule has 0 unspecified atom stereocenters. The number of anilines is 2. The number of nitro benzene ring substituents is 1. The van der Waals surface area contributed by atoms with Crippen LogP contribution in [-0.4, -0.2) is 47.6 Å². The standard InChI is InChI=1S/C25H26N4O6/c1-4-16-5-7-18(8-6-16)28-23(31)25(22(30)26-24(28)32)12-17-11-19(29(33)34)9-10-20(17)27-13-14(2)35-15(3)21(25)27/h5-11,14-15,21H,4,12-13H2,1-3H3,(H,26,30,32)/t14-,15-,21-,25-/m1/s1. The van der Waals surface area contributed by atoms with E-state index in [1.807, 2.05) is 37.8 Å². The third-order valence-electron chi connectivity index (χ3n) is 7.25. The van der Waals surface area contributed by atoms with Crippen molar-refractivity contribution in [2.75, 3.05) is 16.3 Å². The number of non-ortho nitro benzene ring substituents is 1. The van der Waals surface area contributed by atoms with Crippen molar-refractivity contribution in [3.05, 3.63) is 63.7 Å². The molecule has 2 aromatic carbocycles. The quantitative estimate of drug-likeness (QED) is 0.409. The van der Waals surface area contributed by atoms with Crippen molar-refractivity contribution in [2.45, 2.75) is 51.9 Å². The molecule has 10 heteroatoms. The van der Waals surface area contributed by atoms with Gasteiger partial charge in [-0.15, -0.1) is 0 Å². The molecule has 0 aromatic heterocycles. The number of rotatable bonds is 3. The average Bonchev–Trinajstić information content (AvgIpc) is 2.82. The summed E-state index contributed by atoms with van der Waals surface area (Å²) in [5.41, 5.74) is 0.793. The Morgan fingerprint density at radius 1 is 1.14 bits per heavy atom. The van der Waals surface area contributed by atoms with Crippen LogP contribution in [0.4, 0.5) is 21.9 Å². The number of barbiturate groups is 1. The first-order valence-corrected chi connectivity index (χ1v) is 11.7. The number of carbonyl (C=O) groups is 3. The third-order valence-corrected chi connectivity index (χ3v) is 7.25. The maximum Gasteiger partial charge on any atom is 0.335 e. The lowest BCUT2D eigenvalue weighted by atomic mass is 9.66. The smallest absolute Gasteiger partial charge is 0.335 e. The van der Waals surface area contributed by atoms with E-state index in [9.17, 15) is 24.5 Å². The number of ether oxygens (including phenoxy) is 1. The second-order valence-electron chi connectivity index (χ2n) is 9.39. The molecule has 0 radical (unpaired) electrons. The number of nitro groups is 1. The molecule has 3 heterocycles. The Balaban J connectivity index is 1.68. The van der Waals surface area contributed by atoms with Gasteiger partial charge in [-0.05, 0) is 49.6 Å². The number of amides is 4. The van der Waals surface area contributed by atoms with Crippen LogP contribution in [0.25, 0.3) is 0 Å². The number of hydrogen-bond acceptors (Lipinski definition) is 7. The summed E-state index contributed by atoms with van der Waals surface area (Å²) < 4.78 is 6.07. The molecule has 5 rings (SSSR count). The van der Waals surface area contributed by atoms with Crippen LogP contribution in [0, 0.1) is 15.5 Å². The molecule has 0 saturated carbocycles. The summed E-state index contributed by atoms with van der Waals surface area (Å²) in [6.45, 7) is 6.09. The van der Waals surface area contributed by atoms with Crippen LogP contribution in [0.2, 0.25) is 0 Å². The molecule has 35 heavy (non-hydrogen) atoms.